The summed E-state index contributed by atoms with van der Waals surface area (Å²) in [5.41, 5.74) is 8.47. The minimum atomic E-state index is -0.485. The van der Waals surface area contributed by atoms with Crippen molar-refractivity contribution in [2.75, 3.05) is 19.7 Å². The molecule has 4 rings (SSSR count). The number of nitrogens with one attached hydrogen (secondary N) is 1. The lowest BCUT2D eigenvalue weighted by atomic mass is 10.1. The Morgan fingerprint density at radius 2 is 2.04 bits per heavy atom. The highest BCUT2D eigenvalue weighted by atomic mass is 16.5. The van der Waals surface area contributed by atoms with Crippen LogP contribution < -0.4 is 5.73 Å². The first-order valence-electron chi connectivity index (χ1n) is 8.89. The lowest BCUT2D eigenvalue weighted by Gasteiger charge is -2.32. The minimum Gasteiger partial charge on any atom is -0.368 e. The van der Waals surface area contributed by atoms with E-state index in [9.17, 15) is 9.59 Å². The zero-order valence-electron chi connectivity index (χ0n) is 15.0. The summed E-state index contributed by atoms with van der Waals surface area (Å²) in [6.07, 6.45) is 1.22. The third kappa shape index (κ3) is 3.63. The summed E-state index contributed by atoms with van der Waals surface area (Å²) in [5.74, 6) is -0.599. The van der Waals surface area contributed by atoms with Crippen molar-refractivity contribution in [2.45, 2.75) is 6.10 Å². The Labute approximate surface area is 161 Å². The molecule has 1 fully saturated rings. The molecule has 0 aliphatic carbocycles. The first-order chi connectivity index (χ1) is 13.6. The monoisotopic (exact) mass is 377 g/mol. The quantitative estimate of drug-likeness (QED) is 0.719. The highest BCUT2D eigenvalue weighted by molar-refractivity contribution is 5.94. The molecule has 2 aromatic heterocycles. The van der Waals surface area contributed by atoms with Gasteiger partial charge in [0.1, 0.15) is 11.8 Å². The van der Waals surface area contributed by atoms with E-state index in [-0.39, 0.29) is 12.0 Å². The number of aromatic amines is 1. The van der Waals surface area contributed by atoms with Crippen LogP contribution >= 0.6 is 0 Å². The number of aromatic nitrogens is 3. The van der Waals surface area contributed by atoms with E-state index in [0.717, 1.165) is 11.3 Å². The van der Waals surface area contributed by atoms with Crippen LogP contribution in [0, 0.1) is 0 Å². The first kappa shape index (κ1) is 17.9. The standard InChI is InChI=1S/C20H19N5O3/c21-19(26)14-4-1-3-13(11-14)15-5-2-6-16(23-15)18-12-25(9-10-28-18)20(27)17-7-8-22-24-17/h1-8,11,18H,9-10,12H2,(H2,21,26)(H,22,24)/t18-/m0/s1. The molecule has 0 radical (unpaired) electrons. The summed E-state index contributed by atoms with van der Waals surface area (Å²) in [5, 5.41) is 6.53. The van der Waals surface area contributed by atoms with Gasteiger partial charge in [-0.1, -0.05) is 18.2 Å². The van der Waals surface area contributed by atoms with E-state index in [1.807, 2.05) is 24.3 Å². The van der Waals surface area contributed by atoms with Crippen LogP contribution in [0.15, 0.2) is 54.7 Å². The van der Waals surface area contributed by atoms with Crippen LogP contribution in [-0.4, -0.2) is 51.6 Å². The van der Waals surface area contributed by atoms with Crippen molar-refractivity contribution in [1.29, 1.82) is 0 Å². The van der Waals surface area contributed by atoms with Crippen LogP contribution in [0.1, 0.15) is 32.6 Å². The molecule has 8 heteroatoms. The van der Waals surface area contributed by atoms with Gasteiger partial charge in [-0.25, -0.2) is 4.98 Å². The lowest BCUT2D eigenvalue weighted by molar-refractivity contribution is -0.0248. The molecular weight excluding hydrogens is 358 g/mol. The zero-order valence-corrected chi connectivity index (χ0v) is 15.0. The van der Waals surface area contributed by atoms with Crippen LogP contribution in [-0.2, 0) is 4.74 Å². The average molecular weight is 377 g/mol. The third-order valence-corrected chi connectivity index (χ3v) is 4.63. The Bertz CT molecular complexity index is 1000. The number of hydrogen-bond acceptors (Lipinski definition) is 5. The molecule has 3 heterocycles. The molecule has 0 spiro atoms. The first-order valence-corrected chi connectivity index (χ1v) is 8.89. The third-order valence-electron chi connectivity index (χ3n) is 4.63. The number of morpholine rings is 1. The minimum absolute atomic E-state index is 0.115. The maximum Gasteiger partial charge on any atom is 0.272 e. The van der Waals surface area contributed by atoms with Crippen molar-refractivity contribution in [1.82, 2.24) is 20.1 Å². The summed E-state index contributed by atoms with van der Waals surface area (Å²) >= 11 is 0. The molecule has 3 N–H and O–H groups in total. The number of carbonyl (C=O) groups excluding carboxylic acids is 2. The molecule has 8 nitrogen and oxygen atoms in total. The van der Waals surface area contributed by atoms with Gasteiger partial charge in [0.05, 0.1) is 24.5 Å². The van der Waals surface area contributed by atoms with Gasteiger partial charge in [0.25, 0.3) is 5.91 Å². The van der Waals surface area contributed by atoms with E-state index in [2.05, 4.69) is 15.2 Å². The maximum absolute atomic E-state index is 12.6. The van der Waals surface area contributed by atoms with E-state index < -0.39 is 5.91 Å². The predicted octanol–water partition coefficient (Wildman–Crippen LogP) is 1.78. The Kier molecular flexibility index (Phi) is 4.86. The Hall–Kier alpha value is -3.52. The van der Waals surface area contributed by atoms with Crippen LogP contribution in [0.25, 0.3) is 11.3 Å². The second kappa shape index (κ2) is 7.61. The number of hydrogen-bond donors (Lipinski definition) is 2. The van der Waals surface area contributed by atoms with Gasteiger partial charge in [0.15, 0.2) is 0 Å². The number of H-pyrrole nitrogens is 1. The summed E-state index contributed by atoms with van der Waals surface area (Å²) in [6.45, 7) is 1.33. The van der Waals surface area contributed by atoms with E-state index in [1.54, 1.807) is 35.4 Å². The molecule has 2 amide bonds. The second-order valence-electron chi connectivity index (χ2n) is 6.47. The van der Waals surface area contributed by atoms with Crippen molar-refractivity contribution in [3.05, 3.63) is 71.7 Å². The smallest absolute Gasteiger partial charge is 0.272 e. The molecule has 0 bridgehead atoms. The van der Waals surface area contributed by atoms with Gasteiger partial charge in [-0.05, 0) is 30.3 Å². The molecule has 142 valence electrons. The number of nitrogens with zero attached hydrogens (tertiary/aromatic N) is 3. The number of primary amides is 1. The second-order valence-corrected chi connectivity index (χ2v) is 6.47. The normalized spacial score (nSPS) is 16.7. The van der Waals surface area contributed by atoms with Crippen LogP contribution in [0.3, 0.4) is 0 Å². The highest BCUT2D eigenvalue weighted by Crippen LogP contribution is 2.25. The molecule has 1 aliphatic heterocycles. The largest absolute Gasteiger partial charge is 0.368 e. The predicted molar refractivity (Wildman–Crippen MR) is 101 cm³/mol. The number of ether oxygens (including phenoxy) is 1. The fourth-order valence-electron chi connectivity index (χ4n) is 3.18. The average Bonchev–Trinajstić information content (AvgIpc) is 3.28. The summed E-state index contributed by atoms with van der Waals surface area (Å²) in [4.78, 5) is 30.4. The van der Waals surface area contributed by atoms with E-state index in [4.69, 9.17) is 10.5 Å². The molecule has 0 saturated carbocycles. The summed E-state index contributed by atoms with van der Waals surface area (Å²) in [6, 6.07) is 14.3. The van der Waals surface area contributed by atoms with Crippen molar-refractivity contribution in [3.8, 4) is 11.3 Å². The molecular formula is C20H19N5O3. The van der Waals surface area contributed by atoms with Gasteiger partial charge in [0, 0.05) is 23.9 Å². The van der Waals surface area contributed by atoms with E-state index >= 15 is 0 Å². The highest BCUT2D eigenvalue weighted by Gasteiger charge is 2.27. The number of nitrogens with two attached hydrogens (primary N) is 1. The van der Waals surface area contributed by atoms with Gasteiger partial charge in [-0.3, -0.25) is 14.7 Å². The molecule has 0 unspecified atom stereocenters. The molecule has 1 aliphatic rings. The van der Waals surface area contributed by atoms with Crippen molar-refractivity contribution in [3.63, 3.8) is 0 Å². The number of rotatable bonds is 4. The molecule has 1 aromatic carbocycles. The topological polar surface area (TPSA) is 114 Å². The van der Waals surface area contributed by atoms with E-state index in [0.29, 0.717) is 36.6 Å². The maximum atomic E-state index is 12.6. The number of pyridine rings is 1. The van der Waals surface area contributed by atoms with Gasteiger partial charge in [-0.15, -0.1) is 0 Å². The van der Waals surface area contributed by atoms with Crippen LogP contribution in [0.2, 0.25) is 0 Å². The Morgan fingerprint density at radius 1 is 1.18 bits per heavy atom. The number of benzene rings is 1. The molecule has 3 aromatic rings. The molecule has 28 heavy (non-hydrogen) atoms. The Balaban J connectivity index is 1.56. The van der Waals surface area contributed by atoms with Gasteiger partial charge < -0.3 is 15.4 Å². The van der Waals surface area contributed by atoms with Crippen molar-refractivity contribution in [2.24, 2.45) is 5.73 Å². The summed E-state index contributed by atoms with van der Waals surface area (Å²) in [7, 11) is 0. The van der Waals surface area contributed by atoms with Crippen molar-refractivity contribution >= 4 is 11.8 Å². The molecule has 1 saturated heterocycles. The SMILES string of the molecule is NC(=O)c1cccc(-c2cccc([C@@H]3CN(C(=O)c4ccn[nH]4)CCO3)n2)c1. The fourth-order valence-corrected chi connectivity index (χ4v) is 3.18. The number of amides is 2. The number of carbonyl (C=O) groups is 2. The molecule has 1 atom stereocenters. The summed E-state index contributed by atoms with van der Waals surface area (Å²) < 4.78 is 5.86. The van der Waals surface area contributed by atoms with Crippen LogP contribution in [0.4, 0.5) is 0 Å². The Morgan fingerprint density at radius 3 is 2.82 bits per heavy atom. The lowest BCUT2D eigenvalue weighted by Crippen LogP contribution is -2.42. The fraction of sp³-hybridized carbons (Fsp3) is 0.200. The van der Waals surface area contributed by atoms with Gasteiger partial charge in [0.2, 0.25) is 5.91 Å². The van der Waals surface area contributed by atoms with Crippen molar-refractivity contribution < 1.29 is 14.3 Å². The van der Waals surface area contributed by atoms with Crippen LogP contribution in [0.5, 0.6) is 0 Å². The van der Waals surface area contributed by atoms with Gasteiger partial charge >= 0.3 is 0 Å². The van der Waals surface area contributed by atoms with E-state index in [1.165, 1.54) is 0 Å². The zero-order chi connectivity index (χ0) is 19.5. The van der Waals surface area contributed by atoms with Gasteiger partial charge in [-0.2, -0.15) is 5.10 Å².